The molecule has 1 rings (SSSR count). The molecule has 0 saturated carbocycles. The molecule has 5 nitrogen and oxygen atoms in total. The summed E-state index contributed by atoms with van der Waals surface area (Å²) in [6, 6.07) is 3.17. The molecule has 0 amide bonds. The Morgan fingerprint density at radius 2 is 2.06 bits per heavy atom. The Balaban J connectivity index is 3.32. The highest BCUT2D eigenvalue weighted by Gasteiger charge is 2.18. The fourth-order valence-corrected chi connectivity index (χ4v) is 3.29. The van der Waals surface area contributed by atoms with Gasteiger partial charge in [-0.15, -0.1) is 11.8 Å². The maximum atomic E-state index is 11.5. The number of aliphatic carboxylic acids is 1. The number of benzene rings is 1. The van der Waals surface area contributed by atoms with Crippen molar-refractivity contribution >= 4 is 27.6 Å². The molecule has 0 heterocycles. The number of sulfone groups is 1. The summed E-state index contributed by atoms with van der Waals surface area (Å²) >= 11 is 1.24. The number of nitrogens with two attached hydrogens (primary N) is 1. The van der Waals surface area contributed by atoms with Gasteiger partial charge in [0.25, 0.3) is 0 Å². The second-order valence-corrected chi connectivity index (χ2v) is 6.33. The first kappa shape index (κ1) is 14.0. The van der Waals surface area contributed by atoms with E-state index < -0.39 is 21.8 Å². The maximum absolute atomic E-state index is 11.5. The van der Waals surface area contributed by atoms with E-state index in [0.29, 0.717) is 10.5 Å². The molecule has 1 unspecified atom stereocenters. The van der Waals surface area contributed by atoms with Gasteiger partial charge in [0.15, 0.2) is 9.84 Å². The quantitative estimate of drug-likeness (QED) is 0.792. The molecule has 0 spiro atoms. The monoisotopic (exact) mass is 275 g/mol. The first-order chi connectivity index (χ1) is 7.77. The Morgan fingerprint density at radius 1 is 1.47 bits per heavy atom. The van der Waals surface area contributed by atoms with Gasteiger partial charge in [0.05, 0.1) is 4.90 Å². The van der Waals surface area contributed by atoms with Crippen molar-refractivity contribution in [1.29, 1.82) is 0 Å². The van der Waals surface area contributed by atoms with Crippen molar-refractivity contribution in [1.82, 2.24) is 0 Å². The number of hydrogen-bond donors (Lipinski definition) is 2. The predicted octanol–water partition coefficient (Wildman–Crippen LogP) is 0.896. The van der Waals surface area contributed by atoms with Crippen LogP contribution >= 0.6 is 11.8 Å². The summed E-state index contributed by atoms with van der Waals surface area (Å²) in [5.74, 6) is -1.15. The SMILES string of the molecule is CSc1cc(C(N)C(=O)O)ccc1S(C)(=O)=O. The van der Waals surface area contributed by atoms with Gasteiger partial charge in [0.1, 0.15) is 6.04 Å². The van der Waals surface area contributed by atoms with Gasteiger partial charge in [0, 0.05) is 11.2 Å². The molecule has 0 radical (unpaired) electrons. The van der Waals surface area contributed by atoms with E-state index in [4.69, 9.17) is 10.8 Å². The highest BCUT2D eigenvalue weighted by molar-refractivity contribution is 7.99. The van der Waals surface area contributed by atoms with Crippen LogP contribution in [-0.2, 0) is 14.6 Å². The highest BCUT2D eigenvalue weighted by atomic mass is 32.2. The summed E-state index contributed by atoms with van der Waals surface area (Å²) in [7, 11) is -3.32. The van der Waals surface area contributed by atoms with Gasteiger partial charge in [-0.05, 0) is 24.0 Å². The normalized spacial score (nSPS) is 13.4. The van der Waals surface area contributed by atoms with Crippen molar-refractivity contribution < 1.29 is 18.3 Å². The van der Waals surface area contributed by atoms with E-state index in [1.807, 2.05) is 0 Å². The van der Waals surface area contributed by atoms with Crippen LogP contribution in [0.2, 0.25) is 0 Å². The Labute approximate surface area is 104 Å². The van der Waals surface area contributed by atoms with Gasteiger partial charge in [-0.1, -0.05) is 6.07 Å². The minimum Gasteiger partial charge on any atom is -0.480 e. The topological polar surface area (TPSA) is 97.5 Å². The highest BCUT2D eigenvalue weighted by Crippen LogP contribution is 2.27. The molecule has 0 aliphatic rings. The van der Waals surface area contributed by atoms with Crippen LogP contribution in [0.4, 0.5) is 0 Å². The second-order valence-electron chi connectivity index (χ2n) is 3.50. The Hall–Kier alpha value is -1.05. The molecule has 0 bridgehead atoms. The molecule has 17 heavy (non-hydrogen) atoms. The molecule has 94 valence electrons. The van der Waals surface area contributed by atoms with Gasteiger partial charge in [0.2, 0.25) is 0 Å². The van der Waals surface area contributed by atoms with Crippen LogP contribution in [0.3, 0.4) is 0 Å². The zero-order valence-corrected chi connectivity index (χ0v) is 11.0. The number of hydrogen-bond acceptors (Lipinski definition) is 5. The second kappa shape index (κ2) is 5.07. The number of rotatable bonds is 4. The van der Waals surface area contributed by atoms with E-state index in [-0.39, 0.29) is 4.90 Å². The van der Waals surface area contributed by atoms with Crippen LogP contribution in [-0.4, -0.2) is 32.0 Å². The molecule has 1 aromatic carbocycles. The molecule has 3 N–H and O–H groups in total. The number of thioether (sulfide) groups is 1. The number of carbonyl (C=O) groups is 1. The van der Waals surface area contributed by atoms with Crippen molar-refractivity contribution in [2.24, 2.45) is 5.73 Å². The van der Waals surface area contributed by atoms with Crippen LogP contribution in [0.15, 0.2) is 28.0 Å². The van der Waals surface area contributed by atoms with Crippen molar-refractivity contribution in [2.75, 3.05) is 12.5 Å². The standard InChI is InChI=1S/C10H13NO4S2/c1-16-7-5-6(9(11)10(12)13)3-4-8(7)17(2,14)15/h3-5,9H,11H2,1-2H3,(H,12,13). The summed E-state index contributed by atoms with van der Waals surface area (Å²) in [5.41, 5.74) is 5.85. The fraction of sp³-hybridized carbons (Fsp3) is 0.300. The summed E-state index contributed by atoms with van der Waals surface area (Å²) < 4.78 is 22.9. The van der Waals surface area contributed by atoms with Crippen LogP contribution in [0, 0.1) is 0 Å². The van der Waals surface area contributed by atoms with Gasteiger partial charge in [-0.25, -0.2) is 8.42 Å². The lowest BCUT2D eigenvalue weighted by Crippen LogP contribution is -2.20. The molecule has 1 aromatic rings. The van der Waals surface area contributed by atoms with Crippen molar-refractivity contribution in [3.63, 3.8) is 0 Å². The smallest absolute Gasteiger partial charge is 0.325 e. The lowest BCUT2D eigenvalue weighted by molar-refractivity contribution is -0.138. The molecular weight excluding hydrogens is 262 g/mol. The molecule has 0 aliphatic carbocycles. The minimum absolute atomic E-state index is 0.186. The molecule has 0 aromatic heterocycles. The van der Waals surface area contributed by atoms with Crippen LogP contribution in [0.1, 0.15) is 11.6 Å². The molecule has 0 fully saturated rings. The predicted molar refractivity (Wildman–Crippen MR) is 65.9 cm³/mol. The first-order valence-electron chi connectivity index (χ1n) is 4.63. The fourth-order valence-electron chi connectivity index (χ4n) is 1.33. The summed E-state index contributed by atoms with van der Waals surface area (Å²) in [6.45, 7) is 0. The van der Waals surface area contributed by atoms with E-state index in [2.05, 4.69) is 0 Å². The lowest BCUT2D eigenvalue weighted by atomic mass is 10.1. The summed E-state index contributed by atoms with van der Waals surface area (Å²) in [6.07, 6.45) is 2.83. The summed E-state index contributed by atoms with van der Waals surface area (Å²) in [5, 5.41) is 8.78. The van der Waals surface area contributed by atoms with Crippen LogP contribution in [0.5, 0.6) is 0 Å². The maximum Gasteiger partial charge on any atom is 0.325 e. The molecule has 1 atom stereocenters. The van der Waals surface area contributed by atoms with E-state index in [0.717, 1.165) is 6.26 Å². The van der Waals surface area contributed by atoms with Gasteiger partial charge >= 0.3 is 5.97 Å². The lowest BCUT2D eigenvalue weighted by Gasteiger charge is -2.11. The molecule has 7 heteroatoms. The van der Waals surface area contributed by atoms with Gasteiger partial charge in [-0.3, -0.25) is 4.79 Å². The van der Waals surface area contributed by atoms with E-state index >= 15 is 0 Å². The van der Waals surface area contributed by atoms with Crippen LogP contribution < -0.4 is 5.73 Å². The molecule has 0 saturated heterocycles. The molecule has 0 aliphatic heterocycles. The van der Waals surface area contributed by atoms with Crippen molar-refractivity contribution in [2.45, 2.75) is 15.8 Å². The third-order valence-corrected chi connectivity index (χ3v) is 4.27. The third-order valence-electron chi connectivity index (χ3n) is 2.21. The van der Waals surface area contributed by atoms with E-state index in [1.165, 1.54) is 30.0 Å². The summed E-state index contributed by atoms with van der Waals surface area (Å²) in [4.78, 5) is 11.4. The van der Waals surface area contributed by atoms with Gasteiger partial charge < -0.3 is 10.8 Å². The van der Waals surface area contributed by atoms with Gasteiger partial charge in [-0.2, -0.15) is 0 Å². The minimum atomic E-state index is -3.32. The first-order valence-corrected chi connectivity index (χ1v) is 7.75. The third kappa shape index (κ3) is 3.21. The molecular formula is C10H13NO4S2. The van der Waals surface area contributed by atoms with E-state index in [9.17, 15) is 13.2 Å². The number of carboxylic acid groups (broad SMARTS) is 1. The average molecular weight is 275 g/mol. The largest absolute Gasteiger partial charge is 0.480 e. The number of carboxylic acids is 1. The van der Waals surface area contributed by atoms with Crippen molar-refractivity contribution in [3.8, 4) is 0 Å². The van der Waals surface area contributed by atoms with Crippen LogP contribution in [0.25, 0.3) is 0 Å². The Morgan fingerprint density at radius 3 is 2.47 bits per heavy atom. The Bertz CT molecular complexity index is 539. The van der Waals surface area contributed by atoms with E-state index in [1.54, 1.807) is 6.26 Å². The zero-order valence-electron chi connectivity index (χ0n) is 9.38. The average Bonchev–Trinajstić information content (AvgIpc) is 2.25. The van der Waals surface area contributed by atoms with Crippen molar-refractivity contribution in [3.05, 3.63) is 23.8 Å². The Kier molecular flexibility index (Phi) is 4.18. The zero-order chi connectivity index (χ0) is 13.2.